The highest BCUT2D eigenvalue weighted by Gasteiger charge is 2.13. The minimum Gasteiger partial charge on any atom is -0.386 e. The molecule has 0 aliphatic heterocycles. The molecule has 1 aromatic carbocycles. The topological polar surface area (TPSA) is 28.2 Å². The van der Waals surface area contributed by atoms with Gasteiger partial charge in [-0.05, 0) is 19.9 Å². The third kappa shape index (κ3) is 2.10. The lowest BCUT2D eigenvalue weighted by Gasteiger charge is -2.22. The van der Waals surface area contributed by atoms with E-state index in [0.29, 0.717) is 0 Å². The maximum atomic E-state index is 6.32. The number of benzene rings is 1. The molecule has 0 aliphatic carbocycles. The summed E-state index contributed by atoms with van der Waals surface area (Å²) in [5.41, 5.74) is 0.964. The minimum atomic E-state index is 0.757. The molecule has 0 saturated heterocycles. The van der Waals surface area contributed by atoms with Crippen molar-refractivity contribution in [2.45, 2.75) is 13.8 Å². The van der Waals surface area contributed by atoms with Gasteiger partial charge in [-0.3, -0.25) is 0 Å². The van der Waals surface area contributed by atoms with Gasteiger partial charge in [0.25, 0.3) is 0 Å². The monoisotopic (exact) mass is 263 g/mol. The lowest BCUT2D eigenvalue weighted by atomic mass is 10.1. The van der Waals surface area contributed by atoms with E-state index in [2.05, 4.69) is 35.1 Å². The largest absolute Gasteiger partial charge is 0.386 e. The number of fused-ring (bicyclic) bond motifs is 1. The van der Waals surface area contributed by atoms with Crippen LogP contribution < -0.4 is 10.2 Å². The van der Waals surface area contributed by atoms with Crippen LogP contribution in [0.15, 0.2) is 24.4 Å². The highest BCUT2D eigenvalue weighted by molar-refractivity contribution is 6.37. The van der Waals surface area contributed by atoms with Crippen molar-refractivity contribution < 1.29 is 0 Å². The molecule has 3 nitrogen and oxygen atoms in total. The van der Waals surface area contributed by atoms with Crippen LogP contribution in [0.25, 0.3) is 10.8 Å². The molecule has 0 bridgehead atoms. The Kier molecular flexibility index (Phi) is 3.92. The summed E-state index contributed by atoms with van der Waals surface area (Å²) in [4.78, 5) is 6.80. The number of aromatic nitrogens is 1. The molecule has 1 aromatic heterocycles. The van der Waals surface area contributed by atoms with E-state index in [4.69, 9.17) is 11.6 Å². The lowest BCUT2D eigenvalue weighted by Crippen LogP contribution is -2.23. The van der Waals surface area contributed by atoms with Crippen molar-refractivity contribution in [3.05, 3.63) is 29.4 Å². The van der Waals surface area contributed by atoms with Gasteiger partial charge in [0, 0.05) is 30.9 Å². The number of hydrogen-bond acceptors (Lipinski definition) is 3. The van der Waals surface area contributed by atoms with Gasteiger partial charge in [-0.15, -0.1) is 0 Å². The van der Waals surface area contributed by atoms with Crippen molar-refractivity contribution in [3.63, 3.8) is 0 Å². The van der Waals surface area contributed by atoms with E-state index in [1.54, 1.807) is 0 Å². The first kappa shape index (κ1) is 13.0. The average molecular weight is 264 g/mol. The van der Waals surface area contributed by atoms with Crippen LogP contribution in [0.4, 0.5) is 11.5 Å². The first-order valence-corrected chi connectivity index (χ1v) is 6.60. The maximum absolute atomic E-state index is 6.32. The van der Waals surface area contributed by atoms with E-state index in [1.165, 1.54) is 0 Å². The number of rotatable bonds is 4. The Labute approximate surface area is 113 Å². The second kappa shape index (κ2) is 5.44. The summed E-state index contributed by atoms with van der Waals surface area (Å²) >= 11 is 6.32. The Morgan fingerprint density at radius 1 is 1.28 bits per heavy atom. The van der Waals surface area contributed by atoms with E-state index >= 15 is 0 Å². The number of anilines is 2. The zero-order chi connectivity index (χ0) is 13.1. The van der Waals surface area contributed by atoms with Crippen molar-refractivity contribution in [1.29, 1.82) is 0 Å². The second-order valence-corrected chi connectivity index (χ2v) is 4.49. The van der Waals surface area contributed by atoms with Gasteiger partial charge in [0.1, 0.15) is 5.82 Å². The zero-order valence-electron chi connectivity index (χ0n) is 11.0. The van der Waals surface area contributed by atoms with E-state index in [-0.39, 0.29) is 0 Å². The third-order valence-electron chi connectivity index (χ3n) is 3.17. The third-order valence-corrected chi connectivity index (χ3v) is 3.49. The number of halogens is 1. The average Bonchev–Trinajstić information content (AvgIpc) is 2.40. The fourth-order valence-electron chi connectivity index (χ4n) is 2.21. The molecule has 0 radical (unpaired) electrons. The molecular weight excluding hydrogens is 246 g/mol. The van der Waals surface area contributed by atoms with E-state index in [0.717, 1.165) is 40.4 Å². The van der Waals surface area contributed by atoms with Crippen LogP contribution in [-0.4, -0.2) is 25.1 Å². The van der Waals surface area contributed by atoms with Crippen LogP contribution in [0.3, 0.4) is 0 Å². The quantitative estimate of drug-likeness (QED) is 0.910. The number of pyridine rings is 1. The SMILES string of the molecule is CCN(CC)c1ncc(NC)c2c(Cl)cccc12. The normalized spacial score (nSPS) is 10.7. The summed E-state index contributed by atoms with van der Waals surface area (Å²) < 4.78 is 0. The molecule has 0 spiro atoms. The molecule has 0 fully saturated rings. The molecule has 4 heteroatoms. The summed E-state index contributed by atoms with van der Waals surface area (Å²) in [6.07, 6.45) is 1.85. The Hall–Kier alpha value is -1.48. The Balaban J connectivity index is 2.74. The van der Waals surface area contributed by atoms with Crippen LogP contribution in [0, 0.1) is 0 Å². The molecule has 1 N–H and O–H groups in total. The molecule has 18 heavy (non-hydrogen) atoms. The number of nitrogens with zero attached hydrogens (tertiary/aromatic N) is 2. The summed E-state index contributed by atoms with van der Waals surface area (Å²) in [5, 5.41) is 6.04. The van der Waals surface area contributed by atoms with Crippen LogP contribution in [0.5, 0.6) is 0 Å². The molecule has 0 amide bonds. The standard InChI is InChI=1S/C14H18ClN3/c1-4-18(5-2)14-10-7-6-8-11(15)13(10)12(16-3)9-17-14/h6-9,16H,4-5H2,1-3H3. The van der Waals surface area contributed by atoms with Crippen LogP contribution in [0.1, 0.15) is 13.8 Å². The van der Waals surface area contributed by atoms with Gasteiger partial charge in [0.15, 0.2) is 0 Å². The van der Waals surface area contributed by atoms with Crippen molar-refractivity contribution in [1.82, 2.24) is 4.98 Å². The van der Waals surface area contributed by atoms with Gasteiger partial charge in [-0.25, -0.2) is 4.98 Å². The Bertz CT molecular complexity index is 550. The first-order valence-electron chi connectivity index (χ1n) is 6.22. The molecule has 0 unspecified atom stereocenters. The summed E-state index contributed by atoms with van der Waals surface area (Å²) in [6, 6.07) is 5.96. The van der Waals surface area contributed by atoms with Crippen LogP contribution >= 0.6 is 11.6 Å². The molecule has 1 heterocycles. The van der Waals surface area contributed by atoms with Gasteiger partial charge >= 0.3 is 0 Å². The summed E-state index contributed by atoms with van der Waals surface area (Å²) in [7, 11) is 1.89. The van der Waals surface area contributed by atoms with Crippen LogP contribution in [-0.2, 0) is 0 Å². The van der Waals surface area contributed by atoms with Crippen molar-refractivity contribution in [2.75, 3.05) is 30.4 Å². The first-order chi connectivity index (χ1) is 8.72. The van der Waals surface area contributed by atoms with E-state index < -0.39 is 0 Å². The van der Waals surface area contributed by atoms with Crippen molar-refractivity contribution in [3.8, 4) is 0 Å². The zero-order valence-corrected chi connectivity index (χ0v) is 11.8. The minimum absolute atomic E-state index is 0.757. The molecular formula is C14H18ClN3. The van der Waals surface area contributed by atoms with Gasteiger partial charge in [0.05, 0.1) is 16.9 Å². The highest BCUT2D eigenvalue weighted by Crippen LogP contribution is 2.34. The predicted octanol–water partition coefficient (Wildman–Crippen LogP) is 3.78. The fraction of sp³-hybridized carbons (Fsp3) is 0.357. The van der Waals surface area contributed by atoms with E-state index in [9.17, 15) is 0 Å². The second-order valence-electron chi connectivity index (χ2n) is 4.08. The summed E-state index contributed by atoms with van der Waals surface area (Å²) in [5.74, 6) is 0.997. The highest BCUT2D eigenvalue weighted by atomic mass is 35.5. The smallest absolute Gasteiger partial charge is 0.136 e. The molecule has 2 aromatic rings. The Morgan fingerprint density at radius 3 is 2.61 bits per heavy atom. The van der Waals surface area contributed by atoms with Gasteiger partial charge in [-0.2, -0.15) is 0 Å². The fourth-order valence-corrected chi connectivity index (χ4v) is 2.49. The molecule has 2 rings (SSSR count). The van der Waals surface area contributed by atoms with Gasteiger partial charge in [-0.1, -0.05) is 23.7 Å². The van der Waals surface area contributed by atoms with Crippen molar-refractivity contribution in [2.24, 2.45) is 0 Å². The number of nitrogens with one attached hydrogen (secondary N) is 1. The van der Waals surface area contributed by atoms with Crippen LogP contribution in [0.2, 0.25) is 5.02 Å². The predicted molar refractivity (Wildman–Crippen MR) is 79.9 cm³/mol. The maximum Gasteiger partial charge on any atom is 0.136 e. The molecule has 0 atom stereocenters. The number of hydrogen-bond donors (Lipinski definition) is 1. The van der Waals surface area contributed by atoms with Gasteiger partial charge in [0.2, 0.25) is 0 Å². The molecule has 96 valence electrons. The van der Waals surface area contributed by atoms with Gasteiger partial charge < -0.3 is 10.2 Å². The lowest BCUT2D eigenvalue weighted by molar-refractivity contribution is 0.852. The molecule has 0 aliphatic rings. The Morgan fingerprint density at radius 2 is 2.00 bits per heavy atom. The summed E-state index contributed by atoms with van der Waals surface area (Å²) in [6.45, 7) is 6.13. The van der Waals surface area contributed by atoms with E-state index in [1.807, 2.05) is 25.4 Å². The van der Waals surface area contributed by atoms with Crippen molar-refractivity contribution >= 4 is 33.9 Å². The molecule has 0 saturated carbocycles.